The van der Waals surface area contributed by atoms with E-state index in [4.69, 9.17) is 0 Å². The first kappa shape index (κ1) is 16.3. The van der Waals surface area contributed by atoms with Gasteiger partial charge in [-0.1, -0.05) is 0 Å². The summed E-state index contributed by atoms with van der Waals surface area (Å²) in [5, 5.41) is 12.3. The van der Waals surface area contributed by atoms with Gasteiger partial charge in [-0.2, -0.15) is 0 Å². The van der Waals surface area contributed by atoms with Crippen LogP contribution in [0.25, 0.3) is 0 Å². The summed E-state index contributed by atoms with van der Waals surface area (Å²) in [4.78, 5) is 12.0. The van der Waals surface area contributed by atoms with Crippen molar-refractivity contribution in [3.63, 3.8) is 0 Å². The fourth-order valence-corrected chi connectivity index (χ4v) is 4.90. The monoisotopic (exact) mass is 337 g/mol. The van der Waals surface area contributed by atoms with Crippen LogP contribution in [0.1, 0.15) is 38.5 Å². The largest absolute Gasteiger partial charge is 0.508 e. The molecule has 5 nitrogen and oxygen atoms in total. The molecule has 0 aliphatic heterocycles. The number of nitrogens with one attached hydrogen (secondary N) is 1. The van der Waals surface area contributed by atoms with E-state index < -0.39 is 9.84 Å². The van der Waals surface area contributed by atoms with Crippen LogP contribution >= 0.6 is 0 Å². The second kappa shape index (κ2) is 6.51. The SMILES string of the molecule is O=C(NC1CCC(CS(=O)(=O)c2ccc(O)cc2)CC1)C1CC1. The van der Waals surface area contributed by atoms with Gasteiger partial charge in [-0.3, -0.25) is 4.79 Å². The predicted octanol–water partition coefficient (Wildman–Crippen LogP) is 2.25. The summed E-state index contributed by atoms with van der Waals surface area (Å²) in [7, 11) is -3.32. The number of rotatable bonds is 5. The van der Waals surface area contributed by atoms with Crippen molar-refractivity contribution < 1.29 is 18.3 Å². The summed E-state index contributed by atoms with van der Waals surface area (Å²) in [6.07, 6.45) is 5.38. The molecule has 2 saturated carbocycles. The molecule has 1 aromatic rings. The van der Waals surface area contributed by atoms with Gasteiger partial charge in [0.2, 0.25) is 5.91 Å². The van der Waals surface area contributed by atoms with Crippen molar-refractivity contribution in [2.24, 2.45) is 11.8 Å². The number of phenols is 1. The molecular weight excluding hydrogens is 314 g/mol. The van der Waals surface area contributed by atoms with Gasteiger partial charge in [0, 0.05) is 12.0 Å². The third kappa shape index (κ3) is 4.25. The standard InChI is InChI=1S/C17H23NO4S/c19-15-7-9-16(10-8-15)23(21,22)11-12-1-5-14(6-2-12)18-17(20)13-3-4-13/h7-10,12-14,19H,1-6,11H2,(H,18,20). The van der Waals surface area contributed by atoms with Crippen molar-refractivity contribution in [1.29, 1.82) is 0 Å². The smallest absolute Gasteiger partial charge is 0.223 e. The fraction of sp³-hybridized carbons (Fsp3) is 0.588. The number of hydrogen-bond donors (Lipinski definition) is 2. The van der Waals surface area contributed by atoms with Crippen molar-refractivity contribution >= 4 is 15.7 Å². The lowest BCUT2D eigenvalue weighted by molar-refractivity contribution is -0.123. The average molecular weight is 337 g/mol. The Balaban J connectivity index is 1.51. The van der Waals surface area contributed by atoms with E-state index in [2.05, 4.69) is 5.32 Å². The first-order valence-electron chi connectivity index (χ1n) is 8.26. The summed E-state index contributed by atoms with van der Waals surface area (Å²) < 4.78 is 24.8. The van der Waals surface area contributed by atoms with E-state index in [0.29, 0.717) is 0 Å². The van der Waals surface area contributed by atoms with Crippen molar-refractivity contribution in [1.82, 2.24) is 5.32 Å². The lowest BCUT2D eigenvalue weighted by Gasteiger charge is -2.29. The first-order valence-corrected chi connectivity index (χ1v) is 9.91. The lowest BCUT2D eigenvalue weighted by Crippen LogP contribution is -2.39. The van der Waals surface area contributed by atoms with Crippen LogP contribution < -0.4 is 5.32 Å². The van der Waals surface area contributed by atoms with Gasteiger partial charge in [0.25, 0.3) is 0 Å². The molecule has 2 fully saturated rings. The Labute approximate surface area is 137 Å². The minimum atomic E-state index is -3.32. The molecular formula is C17H23NO4S. The van der Waals surface area contributed by atoms with Crippen LogP contribution in [0.15, 0.2) is 29.2 Å². The Bertz CT molecular complexity index is 656. The van der Waals surface area contributed by atoms with Gasteiger partial charge in [0.05, 0.1) is 10.6 Å². The van der Waals surface area contributed by atoms with Gasteiger partial charge >= 0.3 is 0 Å². The molecule has 126 valence electrons. The molecule has 0 atom stereocenters. The minimum absolute atomic E-state index is 0.0656. The number of amides is 1. The lowest BCUT2D eigenvalue weighted by atomic mass is 9.87. The Kier molecular flexibility index (Phi) is 4.62. The van der Waals surface area contributed by atoms with Crippen LogP contribution in [0.2, 0.25) is 0 Å². The van der Waals surface area contributed by atoms with Gasteiger partial charge < -0.3 is 10.4 Å². The predicted molar refractivity (Wildman–Crippen MR) is 86.8 cm³/mol. The highest BCUT2D eigenvalue weighted by Crippen LogP contribution is 2.31. The Morgan fingerprint density at radius 1 is 1.04 bits per heavy atom. The van der Waals surface area contributed by atoms with Gasteiger partial charge in [-0.05, 0) is 68.7 Å². The Morgan fingerprint density at radius 2 is 1.65 bits per heavy atom. The maximum absolute atomic E-state index is 12.4. The Hall–Kier alpha value is -1.56. The zero-order chi connectivity index (χ0) is 16.4. The van der Waals surface area contributed by atoms with E-state index in [9.17, 15) is 18.3 Å². The zero-order valence-corrected chi connectivity index (χ0v) is 13.9. The number of aromatic hydroxyl groups is 1. The number of hydrogen-bond acceptors (Lipinski definition) is 4. The summed E-state index contributed by atoms with van der Waals surface area (Å²) in [6, 6.07) is 5.91. The van der Waals surface area contributed by atoms with Gasteiger partial charge in [0.1, 0.15) is 5.75 Å². The molecule has 2 N–H and O–H groups in total. The highest BCUT2D eigenvalue weighted by Gasteiger charge is 2.32. The number of phenolic OH excluding ortho intramolecular Hbond substituents is 1. The van der Waals surface area contributed by atoms with E-state index in [1.165, 1.54) is 24.3 Å². The van der Waals surface area contributed by atoms with Crippen LogP contribution in [-0.2, 0) is 14.6 Å². The second-order valence-corrected chi connectivity index (χ2v) is 8.81. The number of benzene rings is 1. The molecule has 2 aliphatic rings. The highest BCUT2D eigenvalue weighted by atomic mass is 32.2. The van der Waals surface area contributed by atoms with E-state index in [1.807, 2.05) is 0 Å². The van der Waals surface area contributed by atoms with Crippen molar-refractivity contribution in [3.05, 3.63) is 24.3 Å². The fourth-order valence-electron chi connectivity index (χ4n) is 3.20. The molecule has 0 spiro atoms. The summed E-state index contributed by atoms with van der Waals surface area (Å²) in [5.74, 6) is 0.743. The molecule has 23 heavy (non-hydrogen) atoms. The number of carbonyl (C=O) groups excluding carboxylic acids is 1. The third-order valence-electron chi connectivity index (χ3n) is 4.79. The molecule has 0 unspecified atom stereocenters. The molecule has 0 heterocycles. The molecule has 1 aromatic carbocycles. The second-order valence-electron chi connectivity index (χ2n) is 6.78. The van der Waals surface area contributed by atoms with E-state index in [-0.39, 0.29) is 40.2 Å². The molecule has 0 radical (unpaired) electrons. The zero-order valence-electron chi connectivity index (χ0n) is 13.1. The Morgan fingerprint density at radius 3 is 2.22 bits per heavy atom. The quantitative estimate of drug-likeness (QED) is 0.863. The molecule has 2 aliphatic carbocycles. The van der Waals surface area contributed by atoms with Crippen LogP contribution in [0.5, 0.6) is 5.75 Å². The van der Waals surface area contributed by atoms with Crippen molar-refractivity contribution in [3.8, 4) is 5.75 Å². The first-order chi connectivity index (χ1) is 10.9. The van der Waals surface area contributed by atoms with Gasteiger partial charge in [-0.25, -0.2) is 8.42 Å². The summed E-state index contributed by atoms with van der Waals surface area (Å²) in [5.41, 5.74) is 0. The average Bonchev–Trinajstić information content (AvgIpc) is 3.34. The van der Waals surface area contributed by atoms with E-state index >= 15 is 0 Å². The third-order valence-corrected chi connectivity index (χ3v) is 6.69. The van der Waals surface area contributed by atoms with Crippen LogP contribution in [0, 0.1) is 11.8 Å². The number of sulfone groups is 1. The maximum atomic E-state index is 12.4. The summed E-state index contributed by atoms with van der Waals surface area (Å²) >= 11 is 0. The molecule has 3 rings (SSSR count). The van der Waals surface area contributed by atoms with Crippen LogP contribution in [0.3, 0.4) is 0 Å². The van der Waals surface area contributed by atoms with Crippen LogP contribution in [0.4, 0.5) is 0 Å². The molecule has 0 bridgehead atoms. The summed E-state index contributed by atoms with van der Waals surface area (Å²) in [6.45, 7) is 0. The maximum Gasteiger partial charge on any atom is 0.223 e. The molecule has 0 saturated heterocycles. The topological polar surface area (TPSA) is 83.5 Å². The van der Waals surface area contributed by atoms with Crippen molar-refractivity contribution in [2.45, 2.75) is 49.5 Å². The minimum Gasteiger partial charge on any atom is -0.508 e. The van der Waals surface area contributed by atoms with E-state index in [1.54, 1.807) is 0 Å². The van der Waals surface area contributed by atoms with Gasteiger partial charge in [0.15, 0.2) is 9.84 Å². The molecule has 6 heteroatoms. The van der Waals surface area contributed by atoms with Crippen LogP contribution in [-0.4, -0.2) is 31.2 Å². The van der Waals surface area contributed by atoms with Gasteiger partial charge in [-0.15, -0.1) is 0 Å². The normalized spacial score (nSPS) is 25.0. The number of carbonyl (C=O) groups is 1. The van der Waals surface area contributed by atoms with Crippen molar-refractivity contribution in [2.75, 3.05) is 5.75 Å². The molecule has 0 aromatic heterocycles. The van der Waals surface area contributed by atoms with E-state index in [0.717, 1.165) is 38.5 Å². The molecule has 1 amide bonds. The highest BCUT2D eigenvalue weighted by molar-refractivity contribution is 7.91.